The summed E-state index contributed by atoms with van der Waals surface area (Å²) in [6.45, 7) is 6.18. The average molecular weight is 512 g/mol. The predicted molar refractivity (Wildman–Crippen MR) is 131 cm³/mol. The molecule has 1 aliphatic heterocycles. The van der Waals surface area contributed by atoms with Gasteiger partial charge >= 0.3 is 0 Å². The summed E-state index contributed by atoms with van der Waals surface area (Å²) in [6.07, 6.45) is 0. The highest BCUT2D eigenvalue weighted by Crippen LogP contribution is 2.32. The summed E-state index contributed by atoms with van der Waals surface area (Å²) in [5.74, 6) is 0.833. The maximum atomic E-state index is 13.1. The van der Waals surface area contributed by atoms with Gasteiger partial charge in [0.25, 0.3) is 0 Å². The molecule has 3 aromatic rings. The zero-order valence-electron chi connectivity index (χ0n) is 17.7. The maximum absolute atomic E-state index is 13.1. The van der Waals surface area contributed by atoms with E-state index in [1.165, 1.54) is 16.4 Å². The van der Waals surface area contributed by atoms with E-state index in [0.717, 1.165) is 22.1 Å². The van der Waals surface area contributed by atoms with Crippen LogP contribution in [0.1, 0.15) is 12.5 Å². The standard InChI is InChI=1S/C22H23Cl2N3O3S2/c1-3-30-17-6-4-16(5-7-17)20-14-31-22(25-20)26-8-10-27(11-9-26)32(28,29)21-12-15(2)18(23)13-19(21)24/h4-7,12-14H,3,8-11H2,1-2H3. The second-order valence-electron chi connectivity index (χ2n) is 7.40. The molecule has 32 heavy (non-hydrogen) atoms. The summed E-state index contributed by atoms with van der Waals surface area (Å²) in [7, 11) is -3.70. The molecule has 0 spiro atoms. The molecule has 6 nitrogen and oxygen atoms in total. The Kier molecular flexibility index (Phi) is 6.97. The van der Waals surface area contributed by atoms with E-state index < -0.39 is 10.0 Å². The van der Waals surface area contributed by atoms with Crippen molar-refractivity contribution in [3.05, 3.63) is 57.4 Å². The van der Waals surface area contributed by atoms with Crippen molar-refractivity contribution in [2.24, 2.45) is 0 Å². The van der Waals surface area contributed by atoms with Crippen LogP contribution < -0.4 is 9.64 Å². The van der Waals surface area contributed by atoms with Crippen molar-refractivity contribution in [2.45, 2.75) is 18.7 Å². The minimum Gasteiger partial charge on any atom is -0.494 e. The van der Waals surface area contributed by atoms with Crippen LogP contribution in [-0.2, 0) is 10.0 Å². The van der Waals surface area contributed by atoms with Crippen molar-refractivity contribution < 1.29 is 13.2 Å². The molecule has 4 rings (SSSR count). The summed E-state index contributed by atoms with van der Waals surface area (Å²) in [4.78, 5) is 6.97. The van der Waals surface area contributed by atoms with Crippen LogP contribution in [-0.4, -0.2) is 50.5 Å². The van der Waals surface area contributed by atoms with Crippen LogP contribution in [0.15, 0.2) is 46.7 Å². The fraction of sp³-hybridized carbons (Fsp3) is 0.318. The summed E-state index contributed by atoms with van der Waals surface area (Å²) in [6, 6.07) is 10.9. The van der Waals surface area contributed by atoms with Crippen LogP contribution in [0.5, 0.6) is 5.75 Å². The number of hydrogen-bond acceptors (Lipinski definition) is 6. The number of hydrogen-bond donors (Lipinski definition) is 0. The lowest BCUT2D eigenvalue weighted by Gasteiger charge is -2.34. The molecule has 0 N–H and O–H groups in total. The van der Waals surface area contributed by atoms with Crippen molar-refractivity contribution in [2.75, 3.05) is 37.7 Å². The highest BCUT2D eigenvalue weighted by Gasteiger charge is 2.31. The van der Waals surface area contributed by atoms with E-state index in [4.69, 9.17) is 32.9 Å². The topological polar surface area (TPSA) is 62.7 Å². The number of anilines is 1. The first-order valence-corrected chi connectivity index (χ1v) is 13.3. The molecule has 0 amide bonds. The van der Waals surface area contributed by atoms with E-state index in [9.17, 15) is 8.42 Å². The molecule has 0 unspecified atom stereocenters. The number of rotatable bonds is 6. The number of thiazole rings is 1. The monoisotopic (exact) mass is 511 g/mol. The van der Waals surface area contributed by atoms with Gasteiger partial charge in [0.1, 0.15) is 10.6 Å². The number of aryl methyl sites for hydroxylation is 1. The molecule has 0 bridgehead atoms. The first-order chi connectivity index (χ1) is 15.3. The highest BCUT2D eigenvalue weighted by molar-refractivity contribution is 7.89. The van der Waals surface area contributed by atoms with E-state index in [0.29, 0.717) is 43.4 Å². The van der Waals surface area contributed by atoms with Gasteiger partial charge in [-0.3, -0.25) is 0 Å². The Morgan fingerprint density at radius 2 is 1.75 bits per heavy atom. The van der Waals surface area contributed by atoms with Gasteiger partial charge in [0.2, 0.25) is 10.0 Å². The van der Waals surface area contributed by atoms with E-state index in [1.54, 1.807) is 18.3 Å². The zero-order chi connectivity index (χ0) is 22.9. The van der Waals surface area contributed by atoms with Gasteiger partial charge in [-0.1, -0.05) is 23.2 Å². The van der Waals surface area contributed by atoms with E-state index in [2.05, 4.69) is 4.90 Å². The molecular weight excluding hydrogens is 489 g/mol. The fourth-order valence-corrected chi connectivity index (χ4v) is 6.64. The number of aromatic nitrogens is 1. The Balaban J connectivity index is 1.45. The fourth-order valence-electron chi connectivity index (χ4n) is 3.52. The molecule has 0 aliphatic carbocycles. The number of benzene rings is 2. The number of ether oxygens (including phenoxy) is 1. The second kappa shape index (κ2) is 9.57. The SMILES string of the molecule is CCOc1ccc(-c2csc(N3CCN(S(=O)(=O)c4cc(C)c(Cl)cc4Cl)CC3)n2)cc1. The Morgan fingerprint density at radius 1 is 1.06 bits per heavy atom. The quantitative estimate of drug-likeness (QED) is 0.447. The Morgan fingerprint density at radius 3 is 2.41 bits per heavy atom. The molecule has 0 radical (unpaired) electrons. The number of nitrogens with zero attached hydrogens (tertiary/aromatic N) is 3. The normalized spacial score (nSPS) is 15.2. The Bertz CT molecular complexity index is 1210. The average Bonchev–Trinajstić information content (AvgIpc) is 3.27. The van der Waals surface area contributed by atoms with Gasteiger partial charge in [0.05, 0.1) is 17.3 Å². The van der Waals surface area contributed by atoms with Gasteiger partial charge < -0.3 is 9.64 Å². The van der Waals surface area contributed by atoms with Crippen LogP contribution in [0, 0.1) is 6.92 Å². The molecule has 170 valence electrons. The molecule has 1 aromatic heterocycles. The lowest BCUT2D eigenvalue weighted by Crippen LogP contribution is -2.48. The van der Waals surface area contributed by atoms with E-state index >= 15 is 0 Å². The molecule has 0 saturated carbocycles. The van der Waals surface area contributed by atoms with Crippen LogP contribution in [0.25, 0.3) is 11.3 Å². The largest absolute Gasteiger partial charge is 0.494 e. The third-order valence-electron chi connectivity index (χ3n) is 5.29. The van der Waals surface area contributed by atoms with Gasteiger partial charge in [-0.05, 0) is 55.8 Å². The highest BCUT2D eigenvalue weighted by atomic mass is 35.5. The number of halogens is 2. The van der Waals surface area contributed by atoms with Crippen LogP contribution in [0.3, 0.4) is 0 Å². The molecule has 10 heteroatoms. The lowest BCUT2D eigenvalue weighted by atomic mass is 10.2. The third kappa shape index (κ3) is 4.75. The van der Waals surface area contributed by atoms with Gasteiger partial charge in [0, 0.05) is 42.1 Å². The van der Waals surface area contributed by atoms with E-state index in [1.807, 2.05) is 36.6 Å². The summed E-state index contributed by atoms with van der Waals surface area (Å²) < 4.78 is 33.2. The zero-order valence-corrected chi connectivity index (χ0v) is 20.9. The van der Waals surface area contributed by atoms with Crippen LogP contribution >= 0.6 is 34.5 Å². The molecule has 1 aliphatic rings. The number of piperazine rings is 1. The Hall–Kier alpha value is -1.84. The van der Waals surface area contributed by atoms with Crippen molar-refractivity contribution in [3.63, 3.8) is 0 Å². The van der Waals surface area contributed by atoms with Crippen molar-refractivity contribution >= 4 is 49.7 Å². The summed E-state index contributed by atoms with van der Waals surface area (Å²) in [5, 5.41) is 3.49. The van der Waals surface area contributed by atoms with Crippen LogP contribution in [0.4, 0.5) is 5.13 Å². The third-order valence-corrected chi connectivity index (χ3v) is 8.97. The van der Waals surface area contributed by atoms with Crippen molar-refractivity contribution in [1.82, 2.24) is 9.29 Å². The second-order valence-corrected chi connectivity index (χ2v) is 11.0. The summed E-state index contributed by atoms with van der Waals surface area (Å²) in [5.41, 5.74) is 2.59. The molecular formula is C22H23Cl2N3O3S2. The lowest BCUT2D eigenvalue weighted by molar-refractivity contribution is 0.340. The van der Waals surface area contributed by atoms with Crippen molar-refractivity contribution in [3.8, 4) is 17.0 Å². The van der Waals surface area contributed by atoms with Gasteiger partial charge in [0.15, 0.2) is 5.13 Å². The van der Waals surface area contributed by atoms with Crippen LogP contribution in [0.2, 0.25) is 10.0 Å². The molecule has 1 saturated heterocycles. The van der Waals surface area contributed by atoms with E-state index in [-0.39, 0.29) is 9.92 Å². The van der Waals surface area contributed by atoms with Gasteiger partial charge in [-0.25, -0.2) is 13.4 Å². The molecule has 2 aromatic carbocycles. The number of sulfonamides is 1. The molecule has 1 fully saturated rings. The first kappa shape index (κ1) is 23.3. The Labute approximate surface area is 202 Å². The maximum Gasteiger partial charge on any atom is 0.244 e. The molecule has 0 atom stereocenters. The molecule has 2 heterocycles. The minimum absolute atomic E-state index is 0.0987. The smallest absolute Gasteiger partial charge is 0.244 e. The van der Waals surface area contributed by atoms with Gasteiger partial charge in [-0.15, -0.1) is 11.3 Å². The first-order valence-electron chi connectivity index (χ1n) is 10.2. The predicted octanol–water partition coefficient (Wildman–Crippen LogP) is 5.33. The summed E-state index contributed by atoms with van der Waals surface area (Å²) >= 11 is 13.8. The van der Waals surface area contributed by atoms with Crippen molar-refractivity contribution in [1.29, 1.82) is 0 Å². The van der Waals surface area contributed by atoms with Gasteiger partial charge in [-0.2, -0.15) is 4.31 Å². The minimum atomic E-state index is -3.70.